The molecule has 0 aliphatic heterocycles. The molecule has 3 nitrogen and oxygen atoms in total. The number of anilines is 1. The molecule has 0 saturated carbocycles. The number of ether oxygens (including phenoxy) is 1. The van der Waals surface area contributed by atoms with E-state index in [4.69, 9.17) is 17.0 Å². The van der Waals surface area contributed by atoms with Crippen molar-refractivity contribution in [3.63, 3.8) is 0 Å². The Morgan fingerprint density at radius 1 is 1.19 bits per heavy atom. The van der Waals surface area contributed by atoms with Crippen LogP contribution in [0.1, 0.15) is 18.5 Å². The number of nitrogens with one attached hydrogen (secondary N) is 2. The molecule has 0 heterocycles. The molecule has 0 aliphatic carbocycles. The molecule has 21 heavy (non-hydrogen) atoms. The van der Waals surface area contributed by atoms with Gasteiger partial charge in [0.05, 0.1) is 13.2 Å². The molecule has 0 spiro atoms. The van der Waals surface area contributed by atoms with Crippen molar-refractivity contribution >= 4 is 38.9 Å². The third kappa shape index (κ3) is 4.72. The minimum Gasteiger partial charge on any atom is -0.497 e. The van der Waals surface area contributed by atoms with Crippen LogP contribution in [0, 0.1) is 0 Å². The molecule has 0 fully saturated rings. The maximum Gasteiger partial charge on any atom is 0.171 e. The van der Waals surface area contributed by atoms with Crippen molar-refractivity contribution < 1.29 is 4.74 Å². The molecule has 0 radical (unpaired) electrons. The van der Waals surface area contributed by atoms with Gasteiger partial charge >= 0.3 is 0 Å². The van der Waals surface area contributed by atoms with Gasteiger partial charge in [0, 0.05) is 10.2 Å². The van der Waals surface area contributed by atoms with E-state index in [1.165, 1.54) is 0 Å². The van der Waals surface area contributed by atoms with E-state index < -0.39 is 0 Å². The summed E-state index contributed by atoms with van der Waals surface area (Å²) >= 11 is 8.78. The number of hydrogen-bond donors (Lipinski definition) is 2. The molecule has 2 N–H and O–H groups in total. The monoisotopic (exact) mass is 364 g/mol. The Balaban J connectivity index is 1.95. The summed E-state index contributed by atoms with van der Waals surface area (Å²) in [5.74, 6) is 0.848. The van der Waals surface area contributed by atoms with Gasteiger partial charge in [-0.3, -0.25) is 0 Å². The van der Waals surface area contributed by atoms with Gasteiger partial charge in [0.2, 0.25) is 0 Å². The smallest absolute Gasteiger partial charge is 0.171 e. The van der Waals surface area contributed by atoms with Crippen LogP contribution in [-0.2, 0) is 0 Å². The largest absolute Gasteiger partial charge is 0.497 e. The maximum absolute atomic E-state index is 5.34. The van der Waals surface area contributed by atoms with Crippen molar-refractivity contribution in [3.8, 4) is 5.75 Å². The topological polar surface area (TPSA) is 33.3 Å². The zero-order chi connectivity index (χ0) is 15.2. The van der Waals surface area contributed by atoms with Crippen LogP contribution in [0.3, 0.4) is 0 Å². The summed E-state index contributed by atoms with van der Waals surface area (Å²) in [6.45, 7) is 2.07. The highest BCUT2D eigenvalue weighted by Crippen LogP contribution is 2.18. The first-order valence-corrected chi connectivity index (χ1v) is 7.75. The van der Waals surface area contributed by atoms with Crippen LogP contribution in [0.25, 0.3) is 0 Å². The average Bonchev–Trinajstić information content (AvgIpc) is 2.47. The van der Waals surface area contributed by atoms with E-state index in [0.717, 1.165) is 21.5 Å². The second-order valence-electron chi connectivity index (χ2n) is 4.60. The summed E-state index contributed by atoms with van der Waals surface area (Å²) < 4.78 is 6.17. The van der Waals surface area contributed by atoms with E-state index in [2.05, 4.69) is 33.5 Å². The molecule has 0 unspecified atom stereocenters. The standard InChI is InChI=1S/C16H17BrN2OS/c1-11(12-6-8-15(20-2)9-7-12)18-16(21)19-14-5-3-4-13(17)10-14/h3-11H,1-2H3,(H2,18,19,21)/t11-/m1/s1. The van der Waals surface area contributed by atoms with E-state index in [9.17, 15) is 0 Å². The van der Waals surface area contributed by atoms with Gasteiger partial charge in [0.25, 0.3) is 0 Å². The molecule has 0 bridgehead atoms. The number of halogens is 1. The van der Waals surface area contributed by atoms with Crippen molar-refractivity contribution in [2.45, 2.75) is 13.0 Å². The fourth-order valence-corrected chi connectivity index (χ4v) is 2.60. The van der Waals surface area contributed by atoms with Crippen molar-refractivity contribution in [3.05, 3.63) is 58.6 Å². The molecule has 2 aromatic rings. The van der Waals surface area contributed by atoms with E-state index in [1.54, 1.807) is 7.11 Å². The van der Waals surface area contributed by atoms with Gasteiger partial charge in [-0.1, -0.05) is 34.1 Å². The summed E-state index contributed by atoms with van der Waals surface area (Å²) in [7, 11) is 1.66. The lowest BCUT2D eigenvalue weighted by molar-refractivity contribution is 0.414. The molecule has 0 amide bonds. The minimum atomic E-state index is 0.114. The molecule has 1 atom stereocenters. The zero-order valence-corrected chi connectivity index (χ0v) is 14.3. The molecule has 5 heteroatoms. The number of benzene rings is 2. The maximum atomic E-state index is 5.34. The summed E-state index contributed by atoms with van der Waals surface area (Å²) in [6, 6.07) is 15.9. The van der Waals surface area contributed by atoms with Gasteiger partial charge in [0.1, 0.15) is 5.75 Å². The molecule has 2 aromatic carbocycles. The second-order valence-corrected chi connectivity index (χ2v) is 5.93. The van der Waals surface area contributed by atoms with Crippen molar-refractivity contribution in [1.82, 2.24) is 5.32 Å². The van der Waals surface area contributed by atoms with Crippen LogP contribution in [0.2, 0.25) is 0 Å². The Labute approximate surface area is 138 Å². The number of methoxy groups -OCH3 is 1. The van der Waals surface area contributed by atoms with Crippen molar-refractivity contribution in [2.75, 3.05) is 12.4 Å². The first-order chi connectivity index (χ1) is 10.1. The van der Waals surface area contributed by atoms with Gasteiger partial charge in [-0.2, -0.15) is 0 Å². The normalized spacial score (nSPS) is 11.6. The summed E-state index contributed by atoms with van der Waals surface area (Å²) in [4.78, 5) is 0. The van der Waals surface area contributed by atoms with Gasteiger partial charge in [-0.15, -0.1) is 0 Å². The van der Waals surface area contributed by atoms with Crippen LogP contribution < -0.4 is 15.4 Å². The lowest BCUT2D eigenvalue weighted by Gasteiger charge is -2.17. The highest BCUT2D eigenvalue weighted by atomic mass is 79.9. The van der Waals surface area contributed by atoms with Gasteiger partial charge < -0.3 is 15.4 Å². The Hall–Kier alpha value is -1.59. The highest BCUT2D eigenvalue weighted by molar-refractivity contribution is 9.10. The first-order valence-electron chi connectivity index (χ1n) is 6.55. The Morgan fingerprint density at radius 3 is 2.52 bits per heavy atom. The minimum absolute atomic E-state index is 0.114. The molecular formula is C16H17BrN2OS. The van der Waals surface area contributed by atoms with Gasteiger partial charge in [-0.25, -0.2) is 0 Å². The zero-order valence-electron chi connectivity index (χ0n) is 11.9. The Bertz CT molecular complexity index is 616. The Morgan fingerprint density at radius 2 is 1.90 bits per heavy atom. The van der Waals surface area contributed by atoms with E-state index in [1.807, 2.05) is 48.5 Å². The lowest BCUT2D eigenvalue weighted by atomic mass is 10.1. The van der Waals surface area contributed by atoms with Gasteiger partial charge in [-0.05, 0) is 55.0 Å². The predicted molar refractivity (Wildman–Crippen MR) is 94.9 cm³/mol. The summed E-state index contributed by atoms with van der Waals surface area (Å²) in [5.41, 5.74) is 2.10. The van der Waals surface area contributed by atoms with Crippen LogP contribution >= 0.6 is 28.1 Å². The quantitative estimate of drug-likeness (QED) is 0.782. The molecule has 0 aliphatic rings. The molecule has 2 rings (SSSR count). The number of thiocarbonyl (C=S) groups is 1. The average molecular weight is 365 g/mol. The first kappa shape index (κ1) is 15.8. The molecule has 0 saturated heterocycles. The Kier molecular flexibility index (Phi) is 5.59. The van der Waals surface area contributed by atoms with Crippen LogP contribution in [0.5, 0.6) is 5.75 Å². The third-order valence-electron chi connectivity index (χ3n) is 3.05. The predicted octanol–water partition coefficient (Wildman–Crippen LogP) is 4.51. The lowest BCUT2D eigenvalue weighted by Crippen LogP contribution is -2.30. The summed E-state index contributed by atoms with van der Waals surface area (Å²) in [5, 5.41) is 7.03. The van der Waals surface area contributed by atoms with Crippen LogP contribution in [-0.4, -0.2) is 12.2 Å². The molecular weight excluding hydrogens is 348 g/mol. The number of hydrogen-bond acceptors (Lipinski definition) is 2. The SMILES string of the molecule is COc1ccc([C@@H](C)NC(=S)Nc2cccc(Br)c2)cc1. The van der Waals surface area contributed by atoms with Crippen LogP contribution in [0.4, 0.5) is 5.69 Å². The van der Waals surface area contributed by atoms with Crippen molar-refractivity contribution in [2.24, 2.45) is 0 Å². The summed E-state index contributed by atoms with van der Waals surface area (Å²) in [6.07, 6.45) is 0. The third-order valence-corrected chi connectivity index (χ3v) is 3.76. The fourth-order valence-electron chi connectivity index (χ4n) is 1.91. The van der Waals surface area contributed by atoms with E-state index in [-0.39, 0.29) is 6.04 Å². The van der Waals surface area contributed by atoms with Crippen LogP contribution in [0.15, 0.2) is 53.0 Å². The number of rotatable bonds is 4. The van der Waals surface area contributed by atoms with E-state index >= 15 is 0 Å². The van der Waals surface area contributed by atoms with Crippen molar-refractivity contribution in [1.29, 1.82) is 0 Å². The second kappa shape index (κ2) is 7.43. The fraction of sp³-hybridized carbons (Fsp3) is 0.188. The highest BCUT2D eigenvalue weighted by Gasteiger charge is 2.07. The molecule has 110 valence electrons. The van der Waals surface area contributed by atoms with E-state index in [0.29, 0.717) is 5.11 Å². The van der Waals surface area contributed by atoms with Gasteiger partial charge in [0.15, 0.2) is 5.11 Å². The molecule has 0 aromatic heterocycles.